The molecule has 1 amide bonds. The molecule has 33 heavy (non-hydrogen) atoms. The molecule has 1 atom stereocenters. The van der Waals surface area contributed by atoms with Crippen LogP contribution in [0.4, 0.5) is 4.79 Å². The largest absolute Gasteiger partial charge is 0.444 e. The van der Waals surface area contributed by atoms with Gasteiger partial charge in [0, 0.05) is 30.1 Å². The van der Waals surface area contributed by atoms with E-state index in [0.29, 0.717) is 17.3 Å². The second kappa shape index (κ2) is 9.87. The van der Waals surface area contributed by atoms with Crippen LogP contribution in [0.3, 0.4) is 0 Å². The number of hydrogen-bond donors (Lipinski definition) is 1. The van der Waals surface area contributed by atoms with Gasteiger partial charge in [0.15, 0.2) is 9.84 Å². The SMILES string of the molecule is CCCCN(CC(C)CS(=O)(=O)c1cccc2c(=O)[nH]cc(C3CC3)c12)C(=O)OC(C)(C)C. The van der Waals surface area contributed by atoms with Crippen LogP contribution in [0.2, 0.25) is 0 Å². The van der Waals surface area contributed by atoms with E-state index in [0.717, 1.165) is 31.2 Å². The second-order valence-electron chi connectivity index (χ2n) is 10.2. The molecule has 7 nitrogen and oxygen atoms in total. The van der Waals surface area contributed by atoms with E-state index < -0.39 is 21.5 Å². The minimum absolute atomic E-state index is 0.117. The van der Waals surface area contributed by atoms with Crippen LogP contribution in [0, 0.1) is 5.92 Å². The molecule has 0 bridgehead atoms. The summed E-state index contributed by atoms with van der Waals surface area (Å²) in [5.74, 6) is -0.134. The van der Waals surface area contributed by atoms with Crippen molar-refractivity contribution < 1.29 is 17.9 Å². The Morgan fingerprint density at radius 2 is 1.97 bits per heavy atom. The average molecular weight is 477 g/mol. The number of sulfone groups is 1. The molecular formula is C25H36N2O5S. The number of ether oxygens (including phenoxy) is 1. The number of fused-ring (bicyclic) bond motifs is 1. The highest BCUT2D eigenvalue weighted by molar-refractivity contribution is 7.91. The maximum absolute atomic E-state index is 13.5. The summed E-state index contributed by atoms with van der Waals surface area (Å²) in [6, 6.07) is 4.90. The van der Waals surface area contributed by atoms with Crippen molar-refractivity contribution >= 4 is 26.7 Å². The van der Waals surface area contributed by atoms with Crippen LogP contribution in [-0.4, -0.2) is 48.8 Å². The molecule has 1 N–H and O–H groups in total. The molecular weight excluding hydrogens is 440 g/mol. The van der Waals surface area contributed by atoms with Gasteiger partial charge in [0.2, 0.25) is 0 Å². The highest BCUT2D eigenvalue weighted by Crippen LogP contribution is 2.43. The van der Waals surface area contributed by atoms with Gasteiger partial charge >= 0.3 is 6.09 Å². The van der Waals surface area contributed by atoms with E-state index in [9.17, 15) is 18.0 Å². The first-order valence-corrected chi connectivity index (χ1v) is 13.4. The fourth-order valence-corrected chi connectivity index (χ4v) is 5.97. The second-order valence-corrected chi connectivity index (χ2v) is 12.2. The highest BCUT2D eigenvalue weighted by Gasteiger charge is 2.31. The van der Waals surface area contributed by atoms with Gasteiger partial charge in [-0.3, -0.25) is 4.79 Å². The molecule has 3 rings (SSSR count). The van der Waals surface area contributed by atoms with Crippen molar-refractivity contribution in [3.63, 3.8) is 0 Å². The van der Waals surface area contributed by atoms with Crippen molar-refractivity contribution in [1.29, 1.82) is 0 Å². The van der Waals surface area contributed by atoms with Crippen molar-refractivity contribution in [1.82, 2.24) is 9.88 Å². The van der Waals surface area contributed by atoms with Gasteiger partial charge in [0.05, 0.1) is 10.6 Å². The van der Waals surface area contributed by atoms with E-state index in [4.69, 9.17) is 4.74 Å². The Kier molecular flexibility index (Phi) is 7.56. The van der Waals surface area contributed by atoms with Gasteiger partial charge in [0.1, 0.15) is 5.60 Å². The summed E-state index contributed by atoms with van der Waals surface area (Å²) < 4.78 is 32.6. The predicted molar refractivity (Wildman–Crippen MR) is 130 cm³/mol. The average Bonchev–Trinajstić information content (AvgIpc) is 3.54. The zero-order valence-electron chi connectivity index (χ0n) is 20.3. The van der Waals surface area contributed by atoms with Gasteiger partial charge < -0.3 is 14.6 Å². The number of aromatic amines is 1. The van der Waals surface area contributed by atoms with Gasteiger partial charge in [-0.2, -0.15) is 0 Å². The Morgan fingerprint density at radius 3 is 2.58 bits per heavy atom. The molecule has 8 heteroatoms. The summed E-state index contributed by atoms with van der Waals surface area (Å²) in [5, 5.41) is 0.956. The van der Waals surface area contributed by atoms with Gasteiger partial charge in [-0.25, -0.2) is 13.2 Å². The van der Waals surface area contributed by atoms with Crippen LogP contribution in [0.5, 0.6) is 0 Å². The number of carbonyl (C=O) groups excluding carboxylic acids is 1. The fourth-order valence-electron chi connectivity index (χ4n) is 4.11. The fraction of sp³-hybridized carbons (Fsp3) is 0.600. The Balaban J connectivity index is 1.86. The molecule has 182 valence electrons. The Bertz CT molecular complexity index is 1160. The molecule has 0 radical (unpaired) electrons. The molecule has 2 aromatic rings. The lowest BCUT2D eigenvalue weighted by atomic mass is 10.0. The molecule has 1 aromatic carbocycles. The number of nitrogens with one attached hydrogen (secondary N) is 1. The van der Waals surface area contributed by atoms with Gasteiger partial charge in [0.25, 0.3) is 5.56 Å². The van der Waals surface area contributed by atoms with E-state index in [1.54, 1.807) is 29.3 Å². The summed E-state index contributed by atoms with van der Waals surface area (Å²) >= 11 is 0. The third-order valence-corrected chi connectivity index (χ3v) is 7.76. The minimum atomic E-state index is -3.69. The topological polar surface area (TPSA) is 96.5 Å². The standard InChI is InChI=1S/C25H36N2O5S/c1-6-7-13-27(24(29)32-25(3,4)5)15-17(2)16-33(30,31)21-10-8-9-19-22(21)20(18-11-12-18)14-26-23(19)28/h8-10,14,17-18H,6-7,11-13,15-16H2,1-5H3,(H,26,28). The quantitative estimate of drug-likeness (QED) is 0.558. The number of carbonyl (C=O) groups is 1. The summed E-state index contributed by atoms with van der Waals surface area (Å²) in [6.07, 6.45) is 4.96. The van der Waals surface area contributed by atoms with Crippen LogP contribution >= 0.6 is 0 Å². The van der Waals surface area contributed by atoms with Crippen LogP contribution in [0.1, 0.15) is 71.8 Å². The number of amides is 1. The van der Waals surface area contributed by atoms with Crippen molar-refractivity contribution in [2.45, 2.75) is 76.7 Å². The number of aromatic nitrogens is 1. The predicted octanol–water partition coefficient (Wildman–Crippen LogP) is 4.85. The minimum Gasteiger partial charge on any atom is -0.444 e. The van der Waals surface area contributed by atoms with Crippen molar-refractivity contribution in [2.24, 2.45) is 5.92 Å². The first kappa shape index (κ1) is 25.3. The number of unbranched alkanes of at least 4 members (excludes halogenated alkanes) is 1. The first-order chi connectivity index (χ1) is 15.4. The normalized spacial score (nSPS) is 15.4. The maximum Gasteiger partial charge on any atom is 0.410 e. The Morgan fingerprint density at radius 1 is 1.27 bits per heavy atom. The lowest BCUT2D eigenvalue weighted by molar-refractivity contribution is 0.0226. The van der Waals surface area contributed by atoms with Crippen LogP contribution in [0.25, 0.3) is 10.8 Å². The van der Waals surface area contributed by atoms with Crippen molar-refractivity contribution in [2.75, 3.05) is 18.8 Å². The third kappa shape index (κ3) is 6.37. The lowest BCUT2D eigenvalue weighted by Crippen LogP contribution is -2.40. The Labute approximate surface area is 196 Å². The smallest absolute Gasteiger partial charge is 0.410 e. The molecule has 1 unspecified atom stereocenters. The van der Waals surface area contributed by atoms with Crippen molar-refractivity contribution in [3.05, 3.63) is 40.3 Å². The zero-order valence-corrected chi connectivity index (χ0v) is 21.1. The molecule has 0 spiro atoms. The zero-order chi connectivity index (χ0) is 24.4. The first-order valence-electron chi connectivity index (χ1n) is 11.8. The third-order valence-electron chi connectivity index (χ3n) is 5.74. The number of benzene rings is 1. The molecule has 1 aromatic heterocycles. The lowest BCUT2D eigenvalue weighted by Gasteiger charge is -2.29. The number of nitrogens with zero attached hydrogens (tertiary/aromatic N) is 1. The molecule has 1 aliphatic carbocycles. The van der Waals surface area contributed by atoms with Gasteiger partial charge in [-0.05, 0) is 69.6 Å². The summed E-state index contributed by atoms with van der Waals surface area (Å²) in [7, 11) is -3.69. The summed E-state index contributed by atoms with van der Waals surface area (Å²) in [4.78, 5) is 29.7. The van der Waals surface area contributed by atoms with Crippen LogP contribution in [-0.2, 0) is 14.6 Å². The van der Waals surface area contributed by atoms with E-state index >= 15 is 0 Å². The Hall–Kier alpha value is -2.35. The van der Waals surface area contributed by atoms with Crippen LogP contribution < -0.4 is 5.56 Å². The highest BCUT2D eigenvalue weighted by atomic mass is 32.2. The van der Waals surface area contributed by atoms with Crippen LogP contribution in [0.15, 0.2) is 34.1 Å². The molecule has 1 aliphatic rings. The number of H-pyrrole nitrogens is 1. The monoisotopic (exact) mass is 476 g/mol. The van der Waals surface area contributed by atoms with Gasteiger partial charge in [-0.1, -0.05) is 26.3 Å². The molecule has 0 saturated heterocycles. The molecule has 1 fully saturated rings. The van der Waals surface area contributed by atoms with Gasteiger partial charge in [-0.15, -0.1) is 0 Å². The summed E-state index contributed by atoms with van der Waals surface area (Å²) in [5.41, 5.74) is -0.00330. The molecule has 1 saturated carbocycles. The van der Waals surface area contributed by atoms with E-state index in [1.807, 2.05) is 34.6 Å². The molecule has 0 aliphatic heterocycles. The van der Waals surface area contributed by atoms with E-state index in [2.05, 4.69) is 4.98 Å². The number of rotatable bonds is 9. The molecule has 1 heterocycles. The van der Waals surface area contributed by atoms with E-state index in [1.165, 1.54) is 0 Å². The van der Waals surface area contributed by atoms with Crippen molar-refractivity contribution in [3.8, 4) is 0 Å². The summed E-state index contributed by atoms with van der Waals surface area (Å²) in [6.45, 7) is 10.1. The maximum atomic E-state index is 13.5. The number of pyridine rings is 1. The number of hydrogen-bond acceptors (Lipinski definition) is 5. The van der Waals surface area contributed by atoms with E-state index in [-0.39, 0.29) is 34.6 Å².